The number of anilines is 1. The summed E-state index contributed by atoms with van der Waals surface area (Å²) in [7, 11) is 1.63. The first-order valence-electron chi connectivity index (χ1n) is 6.65. The van der Waals surface area contributed by atoms with E-state index in [1.54, 1.807) is 7.11 Å². The summed E-state index contributed by atoms with van der Waals surface area (Å²) < 4.78 is 6.14. The molecule has 0 aliphatic carbocycles. The van der Waals surface area contributed by atoms with E-state index in [-0.39, 0.29) is 11.9 Å². The number of thiophene rings is 1. The van der Waals surface area contributed by atoms with Crippen LogP contribution in [0.1, 0.15) is 28.6 Å². The monoisotopic (exact) mass is 292 g/mol. The molecule has 1 aromatic carbocycles. The molecule has 0 saturated heterocycles. The minimum atomic E-state index is -0.120. The van der Waals surface area contributed by atoms with Gasteiger partial charge in [-0.1, -0.05) is 19.1 Å². The van der Waals surface area contributed by atoms with Crippen molar-refractivity contribution in [2.24, 2.45) is 0 Å². The second kappa shape index (κ2) is 6.24. The molecule has 0 spiro atoms. The second-order valence-electron chi connectivity index (χ2n) is 4.88. The van der Waals surface area contributed by atoms with Crippen LogP contribution in [0, 0.1) is 6.92 Å². The van der Waals surface area contributed by atoms with Crippen LogP contribution in [0.25, 0.3) is 10.1 Å². The van der Waals surface area contributed by atoms with Gasteiger partial charge < -0.3 is 15.8 Å². The fourth-order valence-electron chi connectivity index (χ4n) is 2.11. The van der Waals surface area contributed by atoms with E-state index < -0.39 is 0 Å². The van der Waals surface area contributed by atoms with Crippen molar-refractivity contribution in [1.82, 2.24) is 5.32 Å². The summed E-state index contributed by atoms with van der Waals surface area (Å²) in [5.41, 5.74) is 7.83. The number of amides is 1. The average molecular weight is 292 g/mol. The number of benzene rings is 1. The number of hydrogen-bond acceptors (Lipinski definition) is 4. The normalized spacial score (nSPS) is 12.6. The molecule has 4 nitrogen and oxygen atoms in total. The fourth-order valence-corrected chi connectivity index (χ4v) is 3.23. The van der Waals surface area contributed by atoms with E-state index in [9.17, 15) is 4.79 Å². The summed E-state index contributed by atoms with van der Waals surface area (Å²) in [6, 6.07) is 6.05. The minimum Gasteiger partial charge on any atom is -0.397 e. The number of aryl methyl sites for hydroxylation is 1. The van der Waals surface area contributed by atoms with Crippen molar-refractivity contribution >= 4 is 33.0 Å². The number of carbonyl (C=O) groups excluding carboxylic acids is 1. The quantitative estimate of drug-likeness (QED) is 0.890. The third-order valence-corrected chi connectivity index (χ3v) is 4.45. The predicted molar refractivity (Wildman–Crippen MR) is 84.4 cm³/mol. The first kappa shape index (κ1) is 14.8. The molecule has 1 atom stereocenters. The van der Waals surface area contributed by atoms with E-state index in [0.717, 1.165) is 22.1 Å². The zero-order valence-corrected chi connectivity index (χ0v) is 12.8. The Hall–Kier alpha value is -1.59. The van der Waals surface area contributed by atoms with Gasteiger partial charge >= 0.3 is 0 Å². The summed E-state index contributed by atoms with van der Waals surface area (Å²) in [6.45, 7) is 4.55. The van der Waals surface area contributed by atoms with Crippen molar-refractivity contribution in [3.63, 3.8) is 0 Å². The fraction of sp³-hybridized carbons (Fsp3) is 0.400. The van der Waals surface area contributed by atoms with Crippen LogP contribution in [0.2, 0.25) is 0 Å². The molecule has 2 aromatic rings. The van der Waals surface area contributed by atoms with Gasteiger partial charge in [-0.15, -0.1) is 11.3 Å². The first-order valence-corrected chi connectivity index (χ1v) is 7.46. The summed E-state index contributed by atoms with van der Waals surface area (Å²) in [5.74, 6) is -0.120. The van der Waals surface area contributed by atoms with Gasteiger partial charge in [-0.3, -0.25) is 4.79 Å². The van der Waals surface area contributed by atoms with Crippen molar-refractivity contribution in [2.45, 2.75) is 26.3 Å². The molecule has 20 heavy (non-hydrogen) atoms. The lowest BCUT2D eigenvalue weighted by Gasteiger charge is -2.15. The molecule has 5 heteroatoms. The lowest BCUT2D eigenvalue weighted by atomic mass is 10.1. The Bertz CT molecular complexity index is 622. The van der Waals surface area contributed by atoms with Gasteiger partial charge in [-0.25, -0.2) is 0 Å². The molecule has 1 aromatic heterocycles. The van der Waals surface area contributed by atoms with Crippen LogP contribution in [-0.4, -0.2) is 25.7 Å². The smallest absolute Gasteiger partial charge is 0.263 e. The van der Waals surface area contributed by atoms with Gasteiger partial charge in [-0.2, -0.15) is 0 Å². The molecule has 1 amide bonds. The van der Waals surface area contributed by atoms with Crippen LogP contribution in [0.3, 0.4) is 0 Å². The van der Waals surface area contributed by atoms with Crippen LogP contribution in [0.4, 0.5) is 5.69 Å². The van der Waals surface area contributed by atoms with E-state index >= 15 is 0 Å². The number of ether oxygens (including phenoxy) is 1. The van der Waals surface area contributed by atoms with Gasteiger partial charge in [-0.05, 0) is 25.0 Å². The molecule has 0 fully saturated rings. The number of hydrogen-bond donors (Lipinski definition) is 2. The lowest BCUT2D eigenvalue weighted by Crippen LogP contribution is -2.37. The van der Waals surface area contributed by atoms with Gasteiger partial charge in [0.25, 0.3) is 5.91 Å². The maximum atomic E-state index is 12.3. The molecule has 108 valence electrons. The highest BCUT2D eigenvalue weighted by atomic mass is 32.1. The Morgan fingerprint density at radius 1 is 1.50 bits per heavy atom. The Morgan fingerprint density at radius 2 is 2.25 bits per heavy atom. The molecule has 3 N–H and O–H groups in total. The van der Waals surface area contributed by atoms with Crippen LogP contribution >= 0.6 is 11.3 Å². The Kier molecular flexibility index (Phi) is 4.62. The van der Waals surface area contributed by atoms with E-state index in [4.69, 9.17) is 10.5 Å². The van der Waals surface area contributed by atoms with E-state index in [1.807, 2.05) is 26.0 Å². The highest BCUT2D eigenvalue weighted by molar-refractivity contribution is 7.21. The molecular formula is C15H20N2O2S. The molecule has 0 aliphatic heterocycles. The van der Waals surface area contributed by atoms with Crippen LogP contribution in [0.5, 0.6) is 0 Å². The zero-order chi connectivity index (χ0) is 14.7. The number of nitrogens with one attached hydrogen (secondary N) is 1. The number of methoxy groups -OCH3 is 1. The Morgan fingerprint density at radius 3 is 2.90 bits per heavy atom. The third kappa shape index (κ3) is 2.94. The van der Waals surface area contributed by atoms with Crippen molar-refractivity contribution in [3.05, 3.63) is 28.6 Å². The van der Waals surface area contributed by atoms with E-state index in [0.29, 0.717) is 17.2 Å². The maximum absolute atomic E-state index is 12.3. The van der Waals surface area contributed by atoms with Gasteiger partial charge in [0.1, 0.15) is 4.88 Å². The molecule has 0 bridgehead atoms. The molecular weight excluding hydrogens is 272 g/mol. The van der Waals surface area contributed by atoms with Gasteiger partial charge in [0, 0.05) is 17.2 Å². The lowest BCUT2D eigenvalue weighted by molar-refractivity contribution is 0.0899. The summed E-state index contributed by atoms with van der Waals surface area (Å²) in [4.78, 5) is 12.9. The van der Waals surface area contributed by atoms with Crippen molar-refractivity contribution in [3.8, 4) is 0 Å². The number of nitrogens with two attached hydrogens (primary N) is 1. The first-order chi connectivity index (χ1) is 9.56. The number of carbonyl (C=O) groups is 1. The third-order valence-electron chi connectivity index (χ3n) is 3.29. The van der Waals surface area contributed by atoms with Crippen molar-refractivity contribution < 1.29 is 9.53 Å². The molecule has 1 heterocycles. The van der Waals surface area contributed by atoms with E-state index in [2.05, 4.69) is 11.4 Å². The van der Waals surface area contributed by atoms with Gasteiger partial charge in [0.2, 0.25) is 0 Å². The summed E-state index contributed by atoms with van der Waals surface area (Å²) in [5, 5.41) is 3.92. The minimum absolute atomic E-state index is 0.0128. The van der Waals surface area contributed by atoms with Crippen molar-refractivity contribution in [2.75, 3.05) is 19.5 Å². The topological polar surface area (TPSA) is 64.3 Å². The molecule has 2 rings (SSSR count). The molecule has 0 aliphatic rings. The van der Waals surface area contributed by atoms with E-state index in [1.165, 1.54) is 11.3 Å². The Labute approximate surface area is 122 Å². The highest BCUT2D eigenvalue weighted by Gasteiger charge is 2.18. The van der Waals surface area contributed by atoms with Crippen LogP contribution in [0.15, 0.2) is 18.2 Å². The zero-order valence-electron chi connectivity index (χ0n) is 12.0. The predicted octanol–water partition coefficient (Wildman–Crippen LogP) is 2.95. The molecule has 0 radical (unpaired) electrons. The largest absolute Gasteiger partial charge is 0.397 e. The average Bonchev–Trinajstić information content (AvgIpc) is 2.74. The molecule has 1 unspecified atom stereocenters. The van der Waals surface area contributed by atoms with Crippen LogP contribution < -0.4 is 11.1 Å². The van der Waals surface area contributed by atoms with Crippen molar-refractivity contribution in [1.29, 1.82) is 0 Å². The molecule has 0 saturated carbocycles. The second-order valence-corrected chi connectivity index (χ2v) is 5.93. The van der Waals surface area contributed by atoms with Gasteiger partial charge in [0.15, 0.2) is 0 Å². The number of fused-ring (bicyclic) bond motifs is 1. The number of rotatable bonds is 5. The number of nitrogen functional groups attached to an aromatic ring is 1. The maximum Gasteiger partial charge on any atom is 0.263 e. The summed E-state index contributed by atoms with van der Waals surface area (Å²) in [6.07, 6.45) is 0.823. The Balaban J connectivity index is 2.28. The standard InChI is InChI=1S/C15H20N2O2S/c1-4-10(8-19-3)17-15(18)14-13(16)11-6-5-9(2)7-12(11)20-14/h5-7,10H,4,8,16H2,1-3H3,(H,17,18). The SMILES string of the molecule is CCC(COC)NC(=O)c1sc2cc(C)ccc2c1N. The van der Waals surface area contributed by atoms with Crippen LogP contribution in [-0.2, 0) is 4.74 Å². The van der Waals surface area contributed by atoms with Gasteiger partial charge in [0.05, 0.1) is 18.3 Å². The highest BCUT2D eigenvalue weighted by Crippen LogP contribution is 2.34. The summed E-state index contributed by atoms with van der Waals surface area (Å²) >= 11 is 1.44.